The van der Waals surface area contributed by atoms with Gasteiger partial charge in [0.1, 0.15) is 0 Å². The van der Waals surface area contributed by atoms with E-state index in [1.165, 1.54) is 0 Å². The average Bonchev–Trinajstić information content (AvgIpc) is 3.42. The molecule has 5 rings (SSSR count). The van der Waals surface area contributed by atoms with Crippen LogP contribution in [0, 0.1) is 0 Å². The maximum atomic E-state index is 4.63. The number of hydrogen-bond acceptors (Lipinski definition) is 3. The molecular formula is C20H16CoN5. The molecule has 3 aromatic heterocycles. The van der Waals surface area contributed by atoms with E-state index < -0.39 is 0 Å². The zero-order valence-electron chi connectivity index (χ0n) is 13.7. The molecule has 130 valence electrons. The zero-order chi connectivity index (χ0) is 17.9. The van der Waals surface area contributed by atoms with E-state index in [2.05, 4.69) is 64.9 Å². The van der Waals surface area contributed by atoms with Gasteiger partial charge in [0.2, 0.25) is 0 Å². The number of H-pyrrole nitrogens is 2. The molecule has 0 radical (unpaired) electrons. The van der Waals surface area contributed by atoms with Gasteiger partial charge in [-0.15, -0.1) is 0 Å². The number of aromatic amines is 2. The molecule has 6 heteroatoms. The number of hydrogen-bond donors (Lipinski definition) is 3. The summed E-state index contributed by atoms with van der Waals surface area (Å²) in [5.74, 6) is 0. The van der Waals surface area contributed by atoms with E-state index in [0.29, 0.717) is 0 Å². The number of nitrogens with one attached hydrogen (secondary N) is 2. The average molecular weight is 385 g/mol. The summed E-state index contributed by atoms with van der Waals surface area (Å²) in [6.07, 6.45) is 8.09. The molecule has 5 nitrogen and oxygen atoms in total. The first-order valence-electron chi connectivity index (χ1n) is 8.04. The predicted octanol–water partition coefficient (Wildman–Crippen LogP) is 4.06. The molecule has 5 heterocycles. The second-order valence-electron chi connectivity index (χ2n) is 5.91. The van der Waals surface area contributed by atoms with Crippen LogP contribution in [0.1, 0.15) is 22.8 Å². The summed E-state index contributed by atoms with van der Waals surface area (Å²) in [5.41, 5.74) is 7.86. The van der Waals surface area contributed by atoms with E-state index >= 15 is 0 Å². The van der Waals surface area contributed by atoms with Gasteiger partial charge in [0.25, 0.3) is 0 Å². The van der Waals surface area contributed by atoms with Crippen LogP contribution in [-0.4, -0.2) is 19.9 Å². The summed E-state index contributed by atoms with van der Waals surface area (Å²) in [6, 6.07) is 16.4. The molecule has 2 aliphatic rings. The van der Waals surface area contributed by atoms with Gasteiger partial charge in [-0.1, -0.05) is 0 Å². The van der Waals surface area contributed by atoms with Crippen molar-refractivity contribution >= 4 is 46.4 Å². The zero-order valence-corrected chi connectivity index (χ0v) is 14.8. The van der Waals surface area contributed by atoms with Crippen molar-refractivity contribution in [1.29, 1.82) is 0 Å². The molecule has 2 aliphatic heterocycles. The number of aromatic nitrogens is 4. The van der Waals surface area contributed by atoms with Gasteiger partial charge in [-0.25, -0.2) is 9.97 Å². The molecule has 26 heavy (non-hydrogen) atoms. The predicted molar refractivity (Wildman–Crippen MR) is 103 cm³/mol. The van der Waals surface area contributed by atoms with Crippen molar-refractivity contribution in [3.63, 3.8) is 0 Å². The Kier molecular flexibility index (Phi) is 4.53. The van der Waals surface area contributed by atoms with Crippen LogP contribution in [-0.2, 0) is 16.0 Å². The molecule has 0 fully saturated rings. The quantitative estimate of drug-likeness (QED) is 0.376. The van der Waals surface area contributed by atoms with E-state index in [9.17, 15) is 0 Å². The number of nitrogens with two attached hydrogens (primary N) is 1. The van der Waals surface area contributed by atoms with Crippen LogP contribution in [0.25, 0.3) is 46.4 Å². The molecule has 8 bridgehead atoms. The second kappa shape index (κ2) is 7.13. The summed E-state index contributed by atoms with van der Waals surface area (Å²) in [6.45, 7) is 0. The Balaban J connectivity index is 0.000000814. The molecule has 0 aliphatic carbocycles. The van der Waals surface area contributed by atoms with Gasteiger partial charge < -0.3 is 9.97 Å². The molecule has 0 aromatic carbocycles. The van der Waals surface area contributed by atoms with Crippen LogP contribution in [0.2, 0.25) is 0 Å². The third-order valence-electron chi connectivity index (χ3n) is 4.04. The van der Waals surface area contributed by atoms with Crippen LogP contribution in [0.15, 0.2) is 48.5 Å². The summed E-state index contributed by atoms with van der Waals surface area (Å²) >= 11 is 3.06. The Hall–Kier alpha value is -2.93. The van der Waals surface area contributed by atoms with Gasteiger partial charge in [-0.05, 0) is 72.8 Å². The maximum absolute atomic E-state index is 4.63. The monoisotopic (exact) mass is 385 g/mol. The molecule has 0 saturated heterocycles. The van der Waals surface area contributed by atoms with Crippen molar-refractivity contribution in [1.82, 2.24) is 19.9 Å². The first-order valence-corrected chi connectivity index (χ1v) is 8.64. The summed E-state index contributed by atoms with van der Waals surface area (Å²) in [7, 11) is 0. The molecular weight excluding hydrogens is 369 g/mol. The SMILES string of the molecule is C1=Cc2cc3ccc(cc4nc(cc5ccc(cc1n2)[nH]5)C=C4)[nH]3.[NH2][Co]. The molecule has 3 aromatic rings. The van der Waals surface area contributed by atoms with Crippen molar-refractivity contribution in [3.8, 4) is 0 Å². The van der Waals surface area contributed by atoms with Crippen LogP contribution >= 0.6 is 0 Å². The second-order valence-corrected chi connectivity index (χ2v) is 5.91. The van der Waals surface area contributed by atoms with Gasteiger partial charge in [0.05, 0.1) is 22.8 Å². The number of rotatable bonds is 0. The molecule has 0 atom stereocenters. The van der Waals surface area contributed by atoms with E-state index in [0.717, 1.165) is 44.8 Å². The standard InChI is InChI=1S/C20H14N4.Co.H2N/c1-2-14-10-16-5-6-18(23-16)12-20-8-7-19(24-20)11-17-4-3-15(22-17)9-13(1)21-14;;/h1-12,21,24H;;1H2/q;+1;-1. The van der Waals surface area contributed by atoms with Crippen molar-refractivity contribution in [2.75, 3.05) is 0 Å². The fraction of sp³-hybridized carbons (Fsp3) is 0. The first-order chi connectivity index (χ1) is 12.8. The minimum absolute atomic E-state index is 0.939. The summed E-state index contributed by atoms with van der Waals surface area (Å²) < 4.78 is 0. The fourth-order valence-electron chi connectivity index (χ4n) is 2.94. The van der Waals surface area contributed by atoms with E-state index in [1.807, 2.05) is 48.6 Å². The Morgan fingerprint density at radius 2 is 0.808 bits per heavy atom. The Morgan fingerprint density at radius 1 is 0.538 bits per heavy atom. The minimum atomic E-state index is 0.939. The van der Waals surface area contributed by atoms with Crippen LogP contribution in [0.3, 0.4) is 0 Å². The molecule has 0 amide bonds. The molecule has 0 unspecified atom stereocenters. The van der Waals surface area contributed by atoms with Gasteiger partial charge >= 0.3 is 20.7 Å². The van der Waals surface area contributed by atoms with Gasteiger partial charge in [-0.3, -0.25) is 0 Å². The molecule has 4 N–H and O–H groups in total. The fourth-order valence-corrected chi connectivity index (χ4v) is 2.94. The van der Waals surface area contributed by atoms with Gasteiger partial charge in [0, 0.05) is 22.1 Å². The van der Waals surface area contributed by atoms with Crippen molar-refractivity contribution in [3.05, 3.63) is 71.3 Å². The Morgan fingerprint density at radius 3 is 1.08 bits per heavy atom. The first kappa shape index (κ1) is 16.5. The summed E-state index contributed by atoms with van der Waals surface area (Å²) in [5, 5.41) is 0. The Bertz CT molecular complexity index is 993. The van der Waals surface area contributed by atoms with Crippen LogP contribution in [0.4, 0.5) is 0 Å². The third kappa shape index (κ3) is 3.52. The number of nitrogens with zero attached hydrogens (tertiary/aromatic N) is 2. The van der Waals surface area contributed by atoms with E-state index in [4.69, 9.17) is 0 Å². The molecule has 0 spiro atoms. The van der Waals surface area contributed by atoms with Crippen LogP contribution in [0.5, 0.6) is 0 Å². The van der Waals surface area contributed by atoms with Gasteiger partial charge in [-0.2, -0.15) is 0 Å². The summed E-state index contributed by atoms with van der Waals surface area (Å²) in [4.78, 5) is 20.2. The normalized spacial score (nSPS) is 12.0. The van der Waals surface area contributed by atoms with Crippen LogP contribution < -0.4 is 4.78 Å². The van der Waals surface area contributed by atoms with E-state index in [1.54, 1.807) is 0 Å². The van der Waals surface area contributed by atoms with E-state index in [-0.39, 0.29) is 0 Å². The third-order valence-corrected chi connectivity index (χ3v) is 4.04. The topological polar surface area (TPSA) is 83.4 Å². The van der Waals surface area contributed by atoms with Crippen molar-refractivity contribution < 1.29 is 16.0 Å². The van der Waals surface area contributed by atoms with Gasteiger partial charge in [0.15, 0.2) is 0 Å². The van der Waals surface area contributed by atoms with Crippen molar-refractivity contribution in [2.24, 2.45) is 4.78 Å². The Labute approximate surface area is 158 Å². The molecule has 0 saturated carbocycles. The number of fused-ring (bicyclic) bond motifs is 8. The van der Waals surface area contributed by atoms with Crippen molar-refractivity contribution in [2.45, 2.75) is 0 Å².